The zero-order valence-corrected chi connectivity index (χ0v) is 23.2. The molecular formula is C34H35F5O2. The molecule has 7 heteroatoms. The lowest BCUT2D eigenvalue weighted by Gasteiger charge is -2.11. The van der Waals surface area contributed by atoms with Crippen molar-refractivity contribution in [1.82, 2.24) is 0 Å². The summed E-state index contributed by atoms with van der Waals surface area (Å²) in [5.74, 6) is 0.124. The van der Waals surface area contributed by atoms with E-state index in [1.54, 1.807) is 30.3 Å². The van der Waals surface area contributed by atoms with Crippen molar-refractivity contribution in [3.63, 3.8) is 0 Å². The number of rotatable bonds is 14. The molecule has 0 saturated heterocycles. The standard InChI is InChI=1S/C34H35F5O2/c1-2-3-4-5-20-40-30-18-15-26(32(35)22-30)11-7-25-10-19-31-28(21-25)14-13-27(33(31)36)12-6-24-8-16-29(17-9-24)41-23-34(37,38)39/h8-10,13-19,21-22H,2-7,11-12,20,23H2,1H3. The molecule has 4 aromatic carbocycles. The highest BCUT2D eigenvalue weighted by Gasteiger charge is 2.28. The first kappa shape index (κ1) is 30.4. The molecule has 0 aliphatic carbocycles. The van der Waals surface area contributed by atoms with Crippen LogP contribution in [-0.2, 0) is 25.7 Å². The van der Waals surface area contributed by atoms with Gasteiger partial charge in [0.05, 0.1) is 6.61 Å². The minimum atomic E-state index is -4.39. The normalized spacial score (nSPS) is 11.7. The Balaban J connectivity index is 1.31. The van der Waals surface area contributed by atoms with Crippen LogP contribution in [0.25, 0.3) is 10.8 Å². The molecular weight excluding hydrogens is 535 g/mol. The SMILES string of the molecule is CCCCCCOc1ccc(CCc2ccc3c(F)c(CCc4ccc(OCC(F)(F)F)cc4)ccc3c2)c(F)c1. The van der Waals surface area contributed by atoms with Crippen LogP contribution in [0.15, 0.2) is 72.8 Å². The van der Waals surface area contributed by atoms with Gasteiger partial charge in [0, 0.05) is 11.5 Å². The Morgan fingerprint density at radius 2 is 1.32 bits per heavy atom. The van der Waals surface area contributed by atoms with Crippen molar-refractivity contribution in [1.29, 1.82) is 0 Å². The third kappa shape index (κ3) is 9.20. The maximum Gasteiger partial charge on any atom is 0.422 e. The number of ether oxygens (including phenoxy) is 2. The minimum absolute atomic E-state index is 0.140. The van der Waals surface area contributed by atoms with Crippen molar-refractivity contribution in [3.8, 4) is 11.5 Å². The van der Waals surface area contributed by atoms with Crippen LogP contribution in [0.2, 0.25) is 0 Å². The molecule has 0 aliphatic rings. The lowest BCUT2D eigenvalue weighted by atomic mass is 9.97. The summed E-state index contributed by atoms with van der Waals surface area (Å²) in [5.41, 5.74) is 3.05. The molecule has 0 heterocycles. The molecule has 4 aromatic rings. The molecule has 0 amide bonds. The zero-order chi connectivity index (χ0) is 29.2. The van der Waals surface area contributed by atoms with Gasteiger partial charge in [-0.05, 0) is 77.9 Å². The van der Waals surface area contributed by atoms with Crippen LogP contribution in [-0.4, -0.2) is 19.4 Å². The summed E-state index contributed by atoms with van der Waals surface area (Å²) >= 11 is 0. The van der Waals surface area contributed by atoms with Crippen LogP contribution < -0.4 is 9.47 Å². The average Bonchev–Trinajstić information content (AvgIpc) is 2.95. The van der Waals surface area contributed by atoms with Crippen molar-refractivity contribution in [2.24, 2.45) is 0 Å². The van der Waals surface area contributed by atoms with Crippen LogP contribution in [0.4, 0.5) is 22.0 Å². The Morgan fingerprint density at radius 3 is 2.05 bits per heavy atom. The van der Waals surface area contributed by atoms with Gasteiger partial charge in [-0.25, -0.2) is 8.78 Å². The second-order valence-corrected chi connectivity index (χ2v) is 10.3. The highest BCUT2D eigenvalue weighted by Crippen LogP contribution is 2.26. The minimum Gasteiger partial charge on any atom is -0.493 e. The number of hydrogen-bond donors (Lipinski definition) is 0. The first-order chi connectivity index (χ1) is 19.7. The number of aryl methyl sites for hydroxylation is 4. The van der Waals surface area contributed by atoms with Gasteiger partial charge in [-0.1, -0.05) is 74.7 Å². The smallest absolute Gasteiger partial charge is 0.422 e. The number of fused-ring (bicyclic) bond motifs is 1. The fourth-order valence-electron chi connectivity index (χ4n) is 4.75. The number of alkyl halides is 3. The van der Waals surface area contributed by atoms with Gasteiger partial charge in [0.15, 0.2) is 6.61 Å². The van der Waals surface area contributed by atoms with Gasteiger partial charge in [0.25, 0.3) is 0 Å². The van der Waals surface area contributed by atoms with Crippen molar-refractivity contribution >= 4 is 10.8 Å². The molecule has 218 valence electrons. The Bertz CT molecular complexity index is 1410. The molecule has 0 fully saturated rings. The molecule has 0 saturated carbocycles. The fraction of sp³-hybridized carbons (Fsp3) is 0.353. The summed E-state index contributed by atoms with van der Waals surface area (Å²) in [6, 6.07) is 20.6. The van der Waals surface area contributed by atoms with E-state index in [-0.39, 0.29) is 17.4 Å². The maximum absolute atomic E-state index is 15.3. The second kappa shape index (κ2) is 14.3. The first-order valence-corrected chi connectivity index (χ1v) is 14.1. The highest BCUT2D eigenvalue weighted by atomic mass is 19.4. The monoisotopic (exact) mass is 570 g/mol. The van der Waals surface area contributed by atoms with Crippen molar-refractivity contribution < 1.29 is 31.4 Å². The number of benzene rings is 4. The molecule has 0 N–H and O–H groups in total. The molecule has 0 aliphatic heterocycles. The van der Waals surface area contributed by atoms with E-state index in [1.165, 1.54) is 24.6 Å². The van der Waals surface area contributed by atoms with E-state index in [0.29, 0.717) is 54.6 Å². The van der Waals surface area contributed by atoms with Gasteiger partial charge in [0.2, 0.25) is 0 Å². The van der Waals surface area contributed by atoms with E-state index in [4.69, 9.17) is 9.47 Å². The third-order valence-corrected chi connectivity index (χ3v) is 7.08. The van der Waals surface area contributed by atoms with E-state index < -0.39 is 12.8 Å². The number of halogens is 5. The van der Waals surface area contributed by atoms with Crippen LogP contribution in [0.5, 0.6) is 11.5 Å². The van der Waals surface area contributed by atoms with Gasteiger partial charge < -0.3 is 9.47 Å². The van der Waals surface area contributed by atoms with Crippen molar-refractivity contribution in [2.75, 3.05) is 13.2 Å². The van der Waals surface area contributed by atoms with E-state index >= 15 is 4.39 Å². The van der Waals surface area contributed by atoms with Gasteiger partial charge in [-0.15, -0.1) is 0 Å². The molecule has 0 radical (unpaired) electrons. The molecule has 0 bridgehead atoms. The molecule has 4 rings (SSSR count). The van der Waals surface area contributed by atoms with Gasteiger partial charge in [-0.3, -0.25) is 0 Å². The van der Waals surface area contributed by atoms with Crippen molar-refractivity contribution in [3.05, 3.63) is 107 Å². The van der Waals surface area contributed by atoms with E-state index in [1.807, 2.05) is 24.3 Å². The highest BCUT2D eigenvalue weighted by molar-refractivity contribution is 5.84. The topological polar surface area (TPSA) is 18.5 Å². The summed E-state index contributed by atoms with van der Waals surface area (Å²) in [7, 11) is 0. The molecule has 41 heavy (non-hydrogen) atoms. The Labute approximate surface area is 238 Å². The lowest BCUT2D eigenvalue weighted by Crippen LogP contribution is -2.19. The number of hydrogen-bond acceptors (Lipinski definition) is 2. The Hall–Kier alpha value is -3.61. The van der Waals surface area contributed by atoms with Crippen LogP contribution in [0, 0.1) is 11.6 Å². The van der Waals surface area contributed by atoms with Crippen LogP contribution >= 0.6 is 0 Å². The Morgan fingerprint density at radius 1 is 0.634 bits per heavy atom. The van der Waals surface area contributed by atoms with E-state index in [9.17, 15) is 17.6 Å². The average molecular weight is 571 g/mol. The summed E-state index contributed by atoms with van der Waals surface area (Å²) < 4.78 is 77.3. The summed E-state index contributed by atoms with van der Waals surface area (Å²) in [6.45, 7) is 1.40. The predicted octanol–water partition coefficient (Wildman–Crippen LogP) is 9.59. The maximum atomic E-state index is 15.3. The second-order valence-electron chi connectivity index (χ2n) is 10.3. The van der Waals surface area contributed by atoms with Crippen LogP contribution in [0.3, 0.4) is 0 Å². The largest absolute Gasteiger partial charge is 0.493 e. The molecule has 0 unspecified atom stereocenters. The van der Waals surface area contributed by atoms with E-state index in [0.717, 1.165) is 35.8 Å². The predicted molar refractivity (Wildman–Crippen MR) is 153 cm³/mol. The lowest BCUT2D eigenvalue weighted by molar-refractivity contribution is -0.153. The summed E-state index contributed by atoms with van der Waals surface area (Å²) in [6.07, 6.45) is 2.14. The fourth-order valence-corrected chi connectivity index (χ4v) is 4.75. The van der Waals surface area contributed by atoms with Gasteiger partial charge in [0.1, 0.15) is 23.1 Å². The summed E-state index contributed by atoms with van der Waals surface area (Å²) in [5, 5.41) is 1.30. The van der Waals surface area contributed by atoms with Gasteiger partial charge >= 0.3 is 6.18 Å². The quantitative estimate of drug-likeness (QED) is 0.111. The number of unbranched alkanes of at least 4 members (excludes halogenated alkanes) is 3. The van der Waals surface area contributed by atoms with Gasteiger partial charge in [-0.2, -0.15) is 13.2 Å². The first-order valence-electron chi connectivity index (χ1n) is 14.1. The van der Waals surface area contributed by atoms with Crippen molar-refractivity contribution in [2.45, 2.75) is 64.5 Å². The molecule has 0 atom stereocenters. The zero-order valence-electron chi connectivity index (χ0n) is 23.2. The van der Waals surface area contributed by atoms with E-state index in [2.05, 4.69) is 6.92 Å². The molecule has 0 aromatic heterocycles. The molecule has 0 spiro atoms. The molecule has 2 nitrogen and oxygen atoms in total. The van der Waals surface area contributed by atoms with Crippen LogP contribution in [0.1, 0.15) is 54.9 Å². The summed E-state index contributed by atoms with van der Waals surface area (Å²) in [4.78, 5) is 0. The Kier molecular flexibility index (Phi) is 10.6. The third-order valence-electron chi connectivity index (χ3n) is 7.08.